The maximum absolute atomic E-state index is 13.2. The number of carbonyl (C=O) groups excluding carboxylic acids is 1. The Hall–Kier alpha value is -3.43. The smallest absolute Gasteiger partial charge is 0.266 e. The molecule has 0 aliphatic heterocycles. The Balaban J connectivity index is 1.53. The van der Waals surface area contributed by atoms with Crippen LogP contribution in [-0.2, 0) is 4.79 Å². The minimum Gasteiger partial charge on any atom is -0.497 e. The zero-order valence-electron chi connectivity index (χ0n) is 17.6. The molecule has 33 heavy (non-hydrogen) atoms. The lowest BCUT2D eigenvalue weighted by molar-refractivity contribution is -0.118. The van der Waals surface area contributed by atoms with E-state index in [4.69, 9.17) is 4.74 Å². The fourth-order valence-corrected chi connectivity index (χ4v) is 4.13. The molecule has 0 fully saturated rings. The summed E-state index contributed by atoms with van der Waals surface area (Å²) >= 11 is 4.58. The van der Waals surface area contributed by atoms with E-state index in [0.717, 1.165) is 15.8 Å². The van der Waals surface area contributed by atoms with E-state index in [1.165, 1.54) is 16.3 Å². The van der Waals surface area contributed by atoms with Crippen molar-refractivity contribution >= 4 is 50.7 Å². The second-order valence-electron chi connectivity index (χ2n) is 6.88. The summed E-state index contributed by atoms with van der Waals surface area (Å²) in [6.07, 6.45) is 1.55. The summed E-state index contributed by atoms with van der Waals surface area (Å²) in [4.78, 5) is 30.2. The fraction of sp³-hybridized carbons (Fsp3) is 0.0833. The average Bonchev–Trinajstić information content (AvgIpc) is 2.84. The van der Waals surface area contributed by atoms with Crippen LogP contribution in [0.5, 0.6) is 5.75 Å². The summed E-state index contributed by atoms with van der Waals surface area (Å²) in [6.45, 7) is 0. The Morgan fingerprint density at radius 3 is 2.58 bits per heavy atom. The summed E-state index contributed by atoms with van der Waals surface area (Å²) in [5, 5.41) is 4.93. The highest BCUT2D eigenvalue weighted by molar-refractivity contribution is 9.10. The van der Waals surface area contributed by atoms with Crippen molar-refractivity contribution < 1.29 is 9.53 Å². The maximum Gasteiger partial charge on any atom is 0.266 e. The minimum absolute atomic E-state index is 0.0429. The molecule has 0 saturated carbocycles. The number of hydrazone groups is 1. The lowest BCUT2D eigenvalue weighted by Gasteiger charge is -2.13. The summed E-state index contributed by atoms with van der Waals surface area (Å²) in [6, 6.07) is 21.8. The van der Waals surface area contributed by atoms with E-state index in [9.17, 15) is 9.59 Å². The third-order valence-electron chi connectivity index (χ3n) is 4.68. The zero-order chi connectivity index (χ0) is 23.2. The van der Waals surface area contributed by atoms with Crippen LogP contribution in [0, 0.1) is 0 Å². The SMILES string of the molecule is COc1ccc(/C=N/NC(=O)CSc2nc3ccccc3c(=O)n2-c2ccc(Br)cc2)cc1. The van der Waals surface area contributed by atoms with Gasteiger partial charge in [-0.05, 0) is 66.2 Å². The number of amides is 1. The first-order valence-electron chi connectivity index (χ1n) is 9.91. The average molecular weight is 523 g/mol. The molecule has 0 aliphatic rings. The molecule has 0 unspecified atom stereocenters. The van der Waals surface area contributed by atoms with Crippen molar-refractivity contribution in [3.05, 3.63) is 93.2 Å². The molecule has 3 aromatic carbocycles. The van der Waals surface area contributed by atoms with Gasteiger partial charge in [0.1, 0.15) is 5.75 Å². The zero-order valence-corrected chi connectivity index (χ0v) is 20.0. The summed E-state index contributed by atoms with van der Waals surface area (Å²) in [7, 11) is 1.60. The lowest BCUT2D eigenvalue weighted by Crippen LogP contribution is -2.24. The second kappa shape index (κ2) is 10.5. The highest BCUT2D eigenvalue weighted by atomic mass is 79.9. The topological polar surface area (TPSA) is 85.6 Å². The quantitative estimate of drug-likeness (QED) is 0.168. The first-order chi connectivity index (χ1) is 16.0. The molecule has 0 aliphatic carbocycles. The van der Waals surface area contributed by atoms with Gasteiger partial charge in [-0.2, -0.15) is 5.10 Å². The molecule has 4 aromatic rings. The molecule has 0 saturated heterocycles. The number of ether oxygens (including phenoxy) is 1. The van der Waals surface area contributed by atoms with Gasteiger partial charge in [-0.15, -0.1) is 0 Å². The number of hydrogen-bond acceptors (Lipinski definition) is 6. The number of benzene rings is 3. The molecule has 0 atom stereocenters. The summed E-state index contributed by atoms with van der Waals surface area (Å²) in [5.74, 6) is 0.475. The number of carbonyl (C=O) groups is 1. The van der Waals surface area contributed by atoms with Gasteiger partial charge in [0.2, 0.25) is 0 Å². The molecule has 1 heterocycles. The molecule has 9 heteroatoms. The van der Waals surface area contributed by atoms with Crippen LogP contribution in [0.4, 0.5) is 0 Å². The van der Waals surface area contributed by atoms with Crippen molar-refractivity contribution in [3.8, 4) is 11.4 Å². The first kappa shape index (κ1) is 22.8. The van der Waals surface area contributed by atoms with E-state index in [0.29, 0.717) is 21.7 Å². The number of halogens is 1. The van der Waals surface area contributed by atoms with Gasteiger partial charge >= 0.3 is 0 Å². The van der Waals surface area contributed by atoms with E-state index in [-0.39, 0.29) is 17.2 Å². The highest BCUT2D eigenvalue weighted by Gasteiger charge is 2.14. The van der Waals surface area contributed by atoms with Crippen molar-refractivity contribution in [1.82, 2.24) is 15.0 Å². The fourth-order valence-electron chi connectivity index (χ4n) is 3.06. The standard InChI is InChI=1S/C24H19BrN4O3S/c1-32-19-12-6-16(7-13-19)14-26-28-22(30)15-33-24-27-21-5-3-2-4-20(21)23(31)29(24)18-10-8-17(25)9-11-18/h2-14H,15H2,1H3,(H,28,30)/b26-14+. The molecular formula is C24H19BrN4O3S. The van der Waals surface area contributed by atoms with Gasteiger partial charge < -0.3 is 4.74 Å². The Kier molecular flexibility index (Phi) is 7.21. The van der Waals surface area contributed by atoms with Crippen molar-refractivity contribution in [2.24, 2.45) is 5.10 Å². The number of rotatable bonds is 7. The van der Waals surface area contributed by atoms with Crippen LogP contribution in [0.1, 0.15) is 5.56 Å². The molecule has 7 nitrogen and oxygen atoms in total. The molecule has 4 rings (SSSR count). The monoisotopic (exact) mass is 522 g/mol. The highest BCUT2D eigenvalue weighted by Crippen LogP contribution is 2.22. The largest absolute Gasteiger partial charge is 0.497 e. The van der Waals surface area contributed by atoms with Gasteiger partial charge in [0, 0.05) is 4.47 Å². The third-order valence-corrected chi connectivity index (χ3v) is 6.15. The second-order valence-corrected chi connectivity index (χ2v) is 8.74. The number of nitrogens with zero attached hydrogens (tertiary/aromatic N) is 3. The number of nitrogens with one attached hydrogen (secondary N) is 1. The van der Waals surface area contributed by atoms with Gasteiger partial charge in [-0.25, -0.2) is 10.4 Å². The van der Waals surface area contributed by atoms with Crippen molar-refractivity contribution in [1.29, 1.82) is 0 Å². The van der Waals surface area contributed by atoms with Crippen LogP contribution in [-0.4, -0.2) is 34.5 Å². The number of thioether (sulfide) groups is 1. The molecule has 0 spiro atoms. The normalized spacial score (nSPS) is 11.1. The van der Waals surface area contributed by atoms with Gasteiger partial charge in [0.05, 0.1) is 35.7 Å². The molecule has 1 aromatic heterocycles. The Morgan fingerprint density at radius 2 is 1.85 bits per heavy atom. The summed E-state index contributed by atoms with van der Waals surface area (Å²) in [5.41, 5.74) is 4.39. The number of hydrogen-bond donors (Lipinski definition) is 1. The first-order valence-corrected chi connectivity index (χ1v) is 11.7. The van der Waals surface area contributed by atoms with Crippen molar-refractivity contribution in [2.45, 2.75) is 5.16 Å². The van der Waals surface area contributed by atoms with Crippen LogP contribution in [0.2, 0.25) is 0 Å². The molecule has 1 N–H and O–H groups in total. The molecule has 0 radical (unpaired) electrons. The summed E-state index contributed by atoms with van der Waals surface area (Å²) < 4.78 is 7.54. The van der Waals surface area contributed by atoms with Crippen LogP contribution in [0.25, 0.3) is 16.6 Å². The van der Waals surface area contributed by atoms with Crippen LogP contribution in [0.15, 0.2) is 92.3 Å². The Bertz CT molecular complexity index is 1370. The van der Waals surface area contributed by atoms with Gasteiger partial charge in [0.25, 0.3) is 11.5 Å². The maximum atomic E-state index is 13.2. The molecule has 166 valence electrons. The van der Waals surface area contributed by atoms with Crippen molar-refractivity contribution in [2.75, 3.05) is 12.9 Å². The Labute approximate surface area is 202 Å². The number of fused-ring (bicyclic) bond motifs is 1. The van der Waals surface area contributed by atoms with Crippen molar-refractivity contribution in [3.63, 3.8) is 0 Å². The van der Waals surface area contributed by atoms with E-state index in [2.05, 4.69) is 31.4 Å². The third kappa shape index (κ3) is 5.50. The van der Waals surface area contributed by atoms with Gasteiger partial charge in [-0.3, -0.25) is 14.2 Å². The van der Waals surface area contributed by atoms with E-state index in [1.807, 2.05) is 54.6 Å². The van der Waals surface area contributed by atoms with E-state index in [1.54, 1.807) is 31.5 Å². The predicted octanol–water partition coefficient (Wildman–Crippen LogP) is 4.40. The van der Waals surface area contributed by atoms with Crippen LogP contribution < -0.4 is 15.7 Å². The minimum atomic E-state index is -0.311. The Morgan fingerprint density at radius 1 is 1.12 bits per heavy atom. The van der Waals surface area contributed by atoms with E-state index < -0.39 is 0 Å². The van der Waals surface area contributed by atoms with E-state index >= 15 is 0 Å². The van der Waals surface area contributed by atoms with Crippen LogP contribution in [0.3, 0.4) is 0 Å². The number of methoxy groups -OCH3 is 1. The van der Waals surface area contributed by atoms with Gasteiger partial charge in [0.15, 0.2) is 5.16 Å². The molecular weight excluding hydrogens is 504 g/mol. The number of aromatic nitrogens is 2. The van der Waals surface area contributed by atoms with Crippen LogP contribution >= 0.6 is 27.7 Å². The molecule has 1 amide bonds. The number of para-hydroxylation sites is 1. The molecule has 0 bridgehead atoms. The van der Waals surface area contributed by atoms with Gasteiger partial charge in [-0.1, -0.05) is 39.8 Å². The predicted molar refractivity (Wildman–Crippen MR) is 134 cm³/mol. The lowest BCUT2D eigenvalue weighted by atomic mass is 10.2.